The minimum atomic E-state index is -0.440. The smallest absolute Gasteiger partial charge is 0.258 e. The van der Waals surface area contributed by atoms with Crippen LogP contribution in [0.2, 0.25) is 0 Å². The number of benzene rings is 3. The van der Waals surface area contributed by atoms with Gasteiger partial charge in [-0.05, 0) is 81.3 Å². The fourth-order valence-corrected chi connectivity index (χ4v) is 5.80. The molecule has 0 bridgehead atoms. The van der Waals surface area contributed by atoms with Gasteiger partial charge in [0.25, 0.3) is 11.8 Å². The number of carbonyl (C=O) groups is 3. The van der Waals surface area contributed by atoms with Crippen LogP contribution in [0.1, 0.15) is 52.5 Å². The normalized spacial score (nSPS) is 13.0. The van der Waals surface area contributed by atoms with E-state index in [2.05, 4.69) is 43.4 Å². The molecule has 262 valence electrons. The second-order valence-electron chi connectivity index (χ2n) is 12.3. The number of hydrogen-bond donors (Lipinski definition) is 3. The summed E-state index contributed by atoms with van der Waals surface area (Å²) >= 11 is 0. The second-order valence-corrected chi connectivity index (χ2v) is 12.3. The summed E-state index contributed by atoms with van der Waals surface area (Å²) in [4.78, 5) is 63.4. The van der Waals surface area contributed by atoms with Crippen LogP contribution in [-0.2, 0) is 9.59 Å². The van der Waals surface area contributed by atoms with E-state index in [1.165, 1.54) is 18.9 Å². The second kappa shape index (κ2) is 16.2. The van der Waals surface area contributed by atoms with Crippen LogP contribution in [0, 0.1) is 6.92 Å². The van der Waals surface area contributed by atoms with Crippen LogP contribution in [0.15, 0.2) is 60.3 Å². The Labute approximate surface area is 291 Å². The number of rotatable bonds is 13. The first kappa shape index (κ1) is 35.7. The van der Waals surface area contributed by atoms with E-state index in [0.717, 1.165) is 44.6 Å². The zero-order chi connectivity index (χ0) is 35.8. The fraction of sp³-hybridized carbons (Fsp3) is 0.351. The molecule has 1 aliphatic rings. The molecule has 0 radical (unpaired) electrons. The van der Waals surface area contributed by atoms with E-state index in [1.807, 2.05) is 25.1 Å². The lowest BCUT2D eigenvalue weighted by Gasteiger charge is -2.34. The van der Waals surface area contributed by atoms with Gasteiger partial charge in [0.15, 0.2) is 0 Å². The number of imidazole rings is 1. The molecule has 1 saturated heterocycles. The predicted octanol–water partition coefficient (Wildman–Crippen LogP) is 4.88. The summed E-state index contributed by atoms with van der Waals surface area (Å²) < 4.78 is 11.7. The molecule has 0 aliphatic carbocycles. The average molecular weight is 682 g/mol. The van der Waals surface area contributed by atoms with E-state index in [1.54, 1.807) is 43.4 Å². The summed E-state index contributed by atoms with van der Waals surface area (Å²) in [7, 11) is 5.22. The van der Waals surface area contributed by atoms with Crippen molar-refractivity contribution >= 4 is 52.0 Å². The molecule has 0 unspecified atom stereocenters. The number of allylic oxidation sites excluding steroid dienone is 1. The monoisotopic (exact) mass is 681 g/mol. The third kappa shape index (κ3) is 8.49. The van der Waals surface area contributed by atoms with Crippen LogP contribution in [0.5, 0.6) is 11.5 Å². The topological polar surface area (TPSA) is 149 Å². The number of methoxy groups -OCH3 is 1. The molecule has 3 amide bonds. The van der Waals surface area contributed by atoms with Crippen LogP contribution >= 0.6 is 0 Å². The highest BCUT2D eigenvalue weighted by molar-refractivity contribution is 6.13. The summed E-state index contributed by atoms with van der Waals surface area (Å²) in [6.45, 7) is 7.28. The summed E-state index contributed by atoms with van der Waals surface area (Å²) in [5.41, 5.74) is 4.30. The molecule has 1 aromatic heterocycles. The van der Waals surface area contributed by atoms with E-state index < -0.39 is 5.91 Å². The number of likely N-dealkylation sites (N-methyl/N-ethyl adjacent to an activating group) is 1. The lowest BCUT2D eigenvalue weighted by atomic mass is 10.1. The van der Waals surface area contributed by atoms with E-state index in [-0.39, 0.29) is 17.8 Å². The maximum Gasteiger partial charge on any atom is 0.258 e. The molecule has 3 N–H and O–H groups in total. The molecule has 0 atom stereocenters. The van der Waals surface area contributed by atoms with Crippen LogP contribution in [-0.4, -0.2) is 97.4 Å². The molecule has 0 saturated carbocycles. The SMILES string of the molecule is COc1cc(C(=O)N(C)c2ccc(C)cc2OCCCCC(=C=O)N2CCN(C)CC2)ccc1NC(=O)c1cccc2[nH]c(NC(C)=O)nc12. The van der Waals surface area contributed by atoms with E-state index in [0.29, 0.717) is 63.8 Å². The van der Waals surface area contributed by atoms with Crippen molar-refractivity contribution < 1.29 is 28.7 Å². The Balaban J connectivity index is 1.23. The first-order valence-corrected chi connectivity index (χ1v) is 16.5. The van der Waals surface area contributed by atoms with Gasteiger partial charge in [-0.2, -0.15) is 0 Å². The van der Waals surface area contributed by atoms with Crippen LogP contribution < -0.4 is 25.0 Å². The zero-order valence-electron chi connectivity index (χ0n) is 29.1. The Morgan fingerprint density at radius 1 is 1.00 bits per heavy atom. The average Bonchev–Trinajstić information content (AvgIpc) is 3.52. The highest BCUT2D eigenvalue weighted by Crippen LogP contribution is 2.32. The molecule has 2 heterocycles. The van der Waals surface area contributed by atoms with Gasteiger partial charge in [-0.15, -0.1) is 0 Å². The van der Waals surface area contributed by atoms with Gasteiger partial charge in [0, 0.05) is 45.7 Å². The molecule has 13 nitrogen and oxygen atoms in total. The zero-order valence-corrected chi connectivity index (χ0v) is 29.1. The van der Waals surface area contributed by atoms with Gasteiger partial charge in [-0.25, -0.2) is 9.78 Å². The van der Waals surface area contributed by atoms with Crippen molar-refractivity contribution in [1.82, 2.24) is 19.8 Å². The number of aryl methyl sites for hydroxylation is 1. The van der Waals surface area contributed by atoms with Crippen molar-refractivity contribution in [2.45, 2.75) is 33.1 Å². The molecule has 1 fully saturated rings. The van der Waals surface area contributed by atoms with Gasteiger partial charge in [0.05, 0.1) is 41.9 Å². The number of unbranched alkanes of at least 4 members (excludes halogenated alkanes) is 1. The van der Waals surface area contributed by atoms with Gasteiger partial charge in [0.2, 0.25) is 11.9 Å². The fourth-order valence-electron chi connectivity index (χ4n) is 5.80. The van der Waals surface area contributed by atoms with E-state index in [4.69, 9.17) is 9.47 Å². The number of anilines is 3. The Morgan fingerprint density at radius 2 is 1.78 bits per heavy atom. The summed E-state index contributed by atoms with van der Waals surface area (Å²) in [6.07, 6.45) is 2.16. The first-order chi connectivity index (χ1) is 24.1. The number of amides is 3. The van der Waals surface area contributed by atoms with Gasteiger partial charge < -0.3 is 34.5 Å². The number of para-hydroxylation sites is 1. The van der Waals surface area contributed by atoms with Crippen LogP contribution in [0.3, 0.4) is 0 Å². The molecule has 1 aliphatic heterocycles. The summed E-state index contributed by atoms with van der Waals surface area (Å²) in [5, 5.41) is 5.44. The standard InChI is InChI=1S/C37H43N7O6/c1-24-12-15-31(33(21-24)50-20-7-6-9-27(23-45)44-18-16-42(3)17-19-44)43(4)36(48)26-13-14-29(32(22-26)49-5)39-35(47)28-10-8-11-30-34(28)41-37(40-30)38-25(2)46/h8,10-15,21-22H,6-7,9,16-20H2,1-5H3,(H,39,47)(H2,38,40,41,46). The first-order valence-electron chi connectivity index (χ1n) is 16.5. The number of aromatic amines is 1. The van der Waals surface area contributed by atoms with Gasteiger partial charge in [0.1, 0.15) is 23.0 Å². The van der Waals surface area contributed by atoms with Crippen LogP contribution in [0.4, 0.5) is 17.3 Å². The van der Waals surface area contributed by atoms with Gasteiger partial charge in [-0.3, -0.25) is 19.7 Å². The van der Waals surface area contributed by atoms with Crippen molar-refractivity contribution in [3.05, 3.63) is 77.0 Å². The molecule has 4 aromatic rings. The number of ether oxygens (including phenoxy) is 2. The molecule has 13 heteroatoms. The van der Waals surface area contributed by atoms with E-state index in [9.17, 15) is 19.2 Å². The lowest BCUT2D eigenvalue weighted by molar-refractivity contribution is -0.114. The Hall–Kier alpha value is -5.65. The number of hydrogen-bond acceptors (Lipinski definition) is 9. The molecular weight excluding hydrogens is 638 g/mol. The quantitative estimate of drug-likeness (QED) is 0.133. The van der Waals surface area contributed by atoms with Gasteiger partial charge >= 0.3 is 0 Å². The molecule has 3 aromatic carbocycles. The van der Waals surface area contributed by atoms with Crippen molar-refractivity contribution in [2.75, 3.05) is 69.5 Å². The number of nitrogens with zero attached hydrogens (tertiary/aromatic N) is 4. The number of H-pyrrole nitrogens is 1. The molecule has 5 rings (SSSR count). The summed E-state index contributed by atoms with van der Waals surface area (Å²) in [5.74, 6) is 2.23. The molecule has 50 heavy (non-hydrogen) atoms. The Morgan fingerprint density at radius 3 is 2.50 bits per heavy atom. The van der Waals surface area contributed by atoms with E-state index >= 15 is 0 Å². The Kier molecular flexibility index (Phi) is 11.5. The molecular formula is C37H43N7O6. The number of nitrogens with one attached hydrogen (secondary N) is 3. The highest BCUT2D eigenvalue weighted by Gasteiger charge is 2.22. The predicted molar refractivity (Wildman–Crippen MR) is 193 cm³/mol. The van der Waals surface area contributed by atoms with Crippen molar-refractivity contribution in [2.24, 2.45) is 0 Å². The van der Waals surface area contributed by atoms with Crippen molar-refractivity contribution in [1.29, 1.82) is 0 Å². The Bertz CT molecular complexity index is 1920. The maximum atomic E-state index is 13.7. The molecule has 0 spiro atoms. The third-order valence-corrected chi connectivity index (χ3v) is 8.60. The minimum Gasteiger partial charge on any atom is -0.495 e. The van der Waals surface area contributed by atoms with Crippen molar-refractivity contribution in [3.8, 4) is 11.5 Å². The van der Waals surface area contributed by atoms with Gasteiger partial charge in [-0.1, -0.05) is 12.1 Å². The van der Waals surface area contributed by atoms with Crippen LogP contribution in [0.25, 0.3) is 11.0 Å². The summed E-state index contributed by atoms with van der Waals surface area (Å²) in [6, 6.07) is 15.6. The largest absolute Gasteiger partial charge is 0.495 e. The van der Waals surface area contributed by atoms with Crippen molar-refractivity contribution in [3.63, 3.8) is 0 Å². The lowest BCUT2D eigenvalue weighted by Crippen LogP contribution is -2.44. The number of fused-ring (bicyclic) bond motifs is 1. The number of piperazine rings is 1. The number of carbonyl (C=O) groups excluding carboxylic acids is 4. The number of aromatic nitrogens is 2. The maximum absolute atomic E-state index is 13.7. The third-order valence-electron chi connectivity index (χ3n) is 8.60. The highest BCUT2D eigenvalue weighted by atomic mass is 16.5. The minimum absolute atomic E-state index is 0.238.